The van der Waals surface area contributed by atoms with Crippen LogP contribution in [0, 0.1) is 5.82 Å². The van der Waals surface area contributed by atoms with Crippen molar-refractivity contribution in [3.05, 3.63) is 153 Å². The molecule has 0 spiro atoms. The van der Waals surface area contributed by atoms with E-state index in [2.05, 4.69) is 15.3 Å². The van der Waals surface area contributed by atoms with E-state index in [9.17, 15) is 9.18 Å². The second-order valence-corrected chi connectivity index (χ2v) is 10.7. The number of azide groups is 1. The lowest BCUT2D eigenvalue weighted by molar-refractivity contribution is -0.129. The quantitative estimate of drug-likeness (QED) is 0.0677. The fourth-order valence-electron chi connectivity index (χ4n) is 5.26. The molecular formula is C36H34FN5O4. The number of halogens is 1. The first-order valence-corrected chi connectivity index (χ1v) is 15.0. The number of nitrogens with zero attached hydrogens (tertiary/aromatic N) is 4. The summed E-state index contributed by atoms with van der Waals surface area (Å²) in [6.07, 6.45) is 3.62. The Labute approximate surface area is 266 Å². The predicted molar refractivity (Wildman–Crippen MR) is 174 cm³/mol. The average Bonchev–Trinajstić information content (AvgIpc) is 3.48. The van der Waals surface area contributed by atoms with Crippen molar-refractivity contribution < 1.29 is 23.8 Å². The Kier molecular flexibility index (Phi) is 10.8. The van der Waals surface area contributed by atoms with Gasteiger partial charge in [0, 0.05) is 36.5 Å². The van der Waals surface area contributed by atoms with Crippen molar-refractivity contribution in [3.8, 4) is 5.75 Å². The van der Waals surface area contributed by atoms with Crippen LogP contribution in [-0.2, 0) is 22.6 Å². The van der Waals surface area contributed by atoms with Gasteiger partial charge in [-0.1, -0.05) is 84.0 Å². The molecule has 2 N–H and O–H groups in total. The van der Waals surface area contributed by atoms with Crippen LogP contribution in [0.4, 0.5) is 4.39 Å². The second-order valence-electron chi connectivity index (χ2n) is 10.7. The zero-order valence-electron chi connectivity index (χ0n) is 25.1. The molecule has 0 saturated carbocycles. The summed E-state index contributed by atoms with van der Waals surface area (Å²) in [7, 11) is 0. The van der Waals surface area contributed by atoms with Crippen LogP contribution in [0.25, 0.3) is 16.5 Å². The SMILES string of the molecule is [N-]=[N+]=NCc1ccccc1[C@H]1OC(c2ccc(OCCCO)cc2)=N[C@@]1(C/C=C/c1ccccc1)C(=O)NCc1cccc(F)c1. The van der Waals surface area contributed by atoms with Gasteiger partial charge in [0.25, 0.3) is 5.91 Å². The number of aliphatic imine (C=N–C) groups is 1. The van der Waals surface area contributed by atoms with E-state index in [-0.39, 0.29) is 32.0 Å². The Balaban J connectivity index is 1.57. The molecule has 0 bridgehead atoms. The standard InChI is InChI=1S/C36H34FN5O4/c37-30-14-6-11-27(23-30)24-39-35(44)36(20-7-12-26-9-2-1-3-10-26)33(32-15-5-4-13-29(32)25-40-42-38)46-34(41-36)28-16-18-31(19-17-28)45-22-8-21-43/h1-7,9-19,23,33,43H,8,20-22,24-25H2,(H,39,44)/b12-7+/t33-,36-/m1/s1. The van der Waals surface area contributed by atoms with E-state index in [4.69, 9.17) is 25.1 Å². The number of aliphatic hydroxyl groups excluding tert-OH is 1. The summed E-state index contributed by atoms with van der Waals surface area (Å²) < 4.78 is 26.2. The topological polar surface area (TPSA) is 129 Å². The van der Waals surface area contributed by atoms with Crippen molar-refractivity contribution in [3.63, 3.8) is 0 Å². The Hall–Kier alpha value is -5.44. The van der Waals surface area contributed by atoms with Crippen LogP contribution in [0.1, 0.15) is 46.8 Å². The number of carbonyl (C=O) groups is 1. The van der Waals surface area contributed by atoms with Gasteiger partial charge in [-0.3, -0.25) is 4.79 Å². The van der Waals surface area contributed by atoms with Gasteiger partial charge in [0.2, 0.25) is 5.90 Å². The smallest absolute Gasteiger partial charge is 0.252 e. The Morgan fingerprint density at radius 1 is 1.07 bits per heavy atom. The summed E-state index contributed by atoms with van der Waals surface area (Å²) in [6.45, 7) is 0.550. The highest BCUT2D eigenvalue weighted by molar-refractivity contribution is 6.01. The maximum absolute atomic E-state index is 14.4. The molecule has 0 aromatic heterocycles. The van der Waals surface area contributed by atoms with Crippen molar-refractivity contribution in [1.29, 1.82) is 0 Å². The third kappa shape index (κ3) is 7.79. The maximum atomic E-state index is 14.4. The highest BCUT2D eigenvalue weighted by Gasteiger charge is 2.53. The Bertz CT molecular complexity index is 1740. The second kappa shape index (κ2) is 15.5. The van der Waals surface area contributed by atoms with Gasteiger partial charge in [0.05, 0.1) is 13.2 Å². The first-order chi connectivity index (χ1) is 22.5. The first kappa shape index (κ1) is 32.0. The molecule has 46 heavy (non-hydrogen) atoms. The molecule has 1 aliphatic heterocycles. The fourth-order valence-corrected chi connectivity index (χ4v) is 5.26. The van der Waals surface area contributed by atoms with E-state index < -0.39 is 23.4 Å². The van der Waals surface area contributed by atoms with Crippen molar-refractivity contribution >= 4 is 17.9 Å². The van der Waals surface area contributed by atoms with Gasteiger partial charge in [0.15, 0.2) is 11.6 Å². The summed E-state index contributed by atoms with van der Waals surface area (Å²) in [5, 5.41) is 15.8. The van der Waals surface area contributed by atoms with Gasteiger partial charge in [-0.15, -0.1) is 0 Å². The lowest BCUT2D eigenvalue weighted by Crippen LogP contribution is -2.48. The Morgan fingerprint density at radius 3 is 2.61 bits per heavy atom. The van der Waals surface area contributed by atoms with Crippen LogP contribution >= 0.6 is 0 Å². The minimum atomic E-state index is -1.48. The Morgan fingerprint density at radius 2 is 1.85 bits per heavy atom. The van der Waals surface area contributed by atoms with Crippen molar-refractivity contribution in [1.82, 2.24) is 5.32 Å². The van der Waals surface area contributed by atoms with E-state index in [1.807, 2.05) is 66.7 Å². The normalized spacial score (nSPS) is 17.2. The number of carbonyl (C=O) groups excluding carboxylic acids is 1. The van der Waals surface area contributed by atoms with Crippen LogP contribution in [0.15, 0.2) is 119 Å². The van der Waals surface area contributed by atoms with Gasteiger partial charge in [-0.25, -0.2) is 9.38 Å². The fraction of sp³-hybridized carbons (Fsp3) is 0.222. The molecule has 0 aliphatic carbocycles. The molecular weight excluding hydrogens is 585 g/mol. The third-order valence-electron chi connectivity index (χ3n) is 7.55. The predicted octanol–water partition coefficient (Wildman–Crippen LogP) is 7.07. The molecule has 4 aromatic carbocycles. The average molecular weight is 620 g/mol. The highest BCUT2D eigenvalue weighted by atomic mass is 19.1. The van der Waals surface area contributed by atoms with Crippen molar-refractivity contribution in [2.24, 2.45) is 10.1 Å². The molecule has 234 valence electrons. The molecule has 4 aromatic rings. The zero-order valence-corrected chi connectivity index (χ0v) is 25.1. The minimum Gasteiger partial charge on any atom is -0.494 e. The van der Waals surface area contributed by atoms with Gasteiger partial charge in [-0.2, -0.15) is 0 Å². The molecule has 0 saturated heterocycles. The van der Waals surface area contributed by atoms with Gasteiger partial charge in [-0.05, 0) is 64.2 Å². The van der Waals surface area contributed by atoms with E-state index >= 15 is 0 Å². The van der Waals surface area contributed by atoms with Crippen LogP contribution < -0.4 is 10.1 Å². The first-order valence-electron chi connectivity index (χ1n) is 15.0. The lowest BCUT2D eigenvalue weighted by Gasteiger charge is -2.31. The summed E-state index contributed by atoms with van der Waals surface area (Å²) in [4.78, 5) is 22.4. The van der Waals surface area contributed by atoms with E-state index in [0.717, 1.165) is 5.56 Å². The van der Waals surface area contributed by atoms with E-state index in [1.54, 1.807) is 36.4 Å². The molecule has 5 rings (SSSR count). The van der Waals surface area contributed by atoms with Crippen LogP contribution in [0.2, 0.25) is 0 Å². The molecule has 1 amide bonds. The summed E-state index contributed by atoms with van der Waals surface area (Å²) >= 11 is 0. The number of nitrogens with one attached hydrogen (secondary N) is 1. The largest absolute Gasteiger partial charge is 0.494 e. The number of amides is 1. The summed E-state index contributed by atoms with van der Waals surface area (Å²) in [5.41, 5.74) is 11.1. The van der Waals surface area contributed by atoms with E-state index in [1.165, 1.54) is 12.1 Å². The molecule has 2 atom stereocenters. The highest BCUT2D eigenvalue weighted by Crippen LogP contribution is 2.44. The molecule has 1 aliphatic rings. The number of hydrogen-bond donors (Lipinski definition) is 2. The minimum absolute atomic E-state index is 0.0351. The number of hydrogen-bond acceptors (Lipinski definition) is 6. The molecule has 0 unspecified atom stereocenters. The molecule has 0 radical (unpaired) electrons. The number of benzene rings is 4. The molecule has 0 fully saturated rings. The van der Waals surface area contributed by atoms with Crippen LogP contribution in [0.5, 0.6) is 5.75 Å². The molecule has 9 nitrogen and oxygen atoms in total. The third-order valence-corrected chi connectivity index (χ3v) is 7.55. The van der Waals surface area contributed by atoms with Crippen molar-refractivity contribution in [2.75, 3.05) is 13.2 Å². The summed E-state index contributed by atoms with van der Waals surface area (Å²) in [5.74, 6) is 0.0823. The molecule has 10 heteroatoms. The lowest BCUT2D eigenvalue weighted by atomic mass is 9.82. The number of rotatable bonds is 14. The monoisotopic (exact) mass is 619 g/mol. The van der Waals surface area contributed by atoms with Gasteiger partial charge < -0.3 is 19.9 Å². The maximum Gasteiger partial charge on any atom is 0.252 e. The van der Waals surface area contributed by atoms with Gasteiger partial charge >= 0.3 is 0 Å². The number of aliphatic hydroxyl groups is 1. The molecule has 1 heterocycles. The van der Waals surface area contributed by atoms with Gasteiger partial charge in [0.1, 0.15) is 11.6 Å². The summed E-state index contributed by atoms with van der Waals surface area (Å²) in [6, 6.07) is 30.3. The van der Waals surface area contributed by atoms with Crippen molar-refractivity contribution in [2.45, 2.75) is 37.6 Å². The number of ether oxygens (including phenoxy) is 2. The zero-order chi connectivity index (χ0) is 32.2. The van der Waals surface area contributed by atoms with E-state index in [0.29, 0.717) is 41.0 Å². The van der Waals surface area contributed by atoms with Crippen LogP contribution in [-0.4, -0.2) is 35.7 Å². The van der Waals surface area contributed by atoms with Crippen LogP contribution in [0.3, 0.4) is 0 Å².